The molecule has 1 aromatic heterocycles. The van der Waals surface area contributed by atoms with Gasteiger partial charge in [-0.1, -0.05) is 12.1 Å². The van der Waals surface area contributed by atoms with Crippen LogP contribution in [0.4, 0.5) is 5.69 Å². The van der Waals surface area contributed by atoms with Crippen molar-refractivity contribution in [2.45, 2.75) is 6.04 Å². The standard InChI is InChI=1S/C17H12N4O3/c18-10-11-1-3-12(4-2-11)16(17(19)22)20-8-7-13-9-14(21(23)24)5-6-15(13)20/h1-9,16H,(H2,19,22). The summed E-state index contributed by atoms with van der Waals surface area (Å²) in [5.74, 6) is -0.560. The van der Waals surface area contributed by atoms with Gasteiger partial charge in [-0.15, -0.1) is 0 Å². The van der Waals surface area contributed by atoms with E-state index in [0.717, 1.165) is 0 Å². The van der Waals surface area contributed by atoms with Crippen LogP contribution in [-0.2, 0) is 4.79 Å². The van der Waals surface area contributed by atoms with Crippen LogP contribution in [0.5, 0.6) is 0 Å². The van der Waals surface area contributed by atoms with E-state index < -0.39 is 16.9 Å². The van der Waals surface area contributed by atoms with Crippen molar-refractivity contribution >= 4 is 22.5 Å². The molecule has 2 aromatic carbocycles. The summed E-state index contributed by atoms with van der Waals surface area (Å²) in [6, 6.07) is 13.9. The number of aromatic nitrogens is 1. The number of amides is 1. The SMILES string of the molecule is N#Cc1ccc(C(C(N)=O)n2ccc3cc([N+](=O)[O-])ccc32)cc1. The third kappa shape index (κ3) is 2.57. The van der Waals surface area contributed by atoms with E-state index in [-0.39, 0.29) is 5.69 Å². The average molecular weight is 320 g/mol. The number of fused-ring (bicyclic) bond motifs is 1. The quantitative estimate of drug-likeness (QED) is 0.587. The summed E-state index contributed by atoms with van der Waals surface area (Å²) < 4.78 is 1.67. The number of non-ortho nitro benzene ring substituents is 1. The van der Waals surface area contributed by atoms with Crippen LogP contribution in [0.3, 0.4) is 0 Å². The predicted octanol–water partition coefficient (Wildman–Crippen LogP) is 2.50. The summed E-state index contributed by atoms with van der Waals surface area (Å²) in [4.78, 5) is 22.4. The second kappa shape index (κ2) is 5.85. The number of hydrogen-bond acceptors (Lipinski definition) is 4. The molecule has 0 bridgehead atoms. The fourth-order valence-corrected chi connectivity index (χ4v) is 2.69. The molecule has 7 nitrogen and oxygen atoms in total. The lowest BCUT2D eigenvalue weighted by molar-refractivity contribution is -0.384. The van der Waals surface area contributed by atoms with Crippen LogP contribution in [0, 0.1) is 21.4 Å². The molecule has 0 aliphatic heterocycles. The molecule has 1 heterocycles. The van der Waals surface area contributed by atoms with Gasteiger partial charge in [-0.3, -0.25) is 14.9 Å². The van der Waals surface area contributed by atoms with E-state index in [9.17, 15) is 14.9 Å². The maximum absolute atomic E-state index is 12.0. The minimum Gasteiger partial charge on any atom is -0.368 e. The first-order valence-corrected chi connectivity index (χ1v) is 7.05. The normalized spacial score (nSPS) is 11.8. The van der Waals surface area contributed by atoms with Gasteiger partial charge in [-0.25, -0.2) is 0 Å². The van der Waals surface area contributed by atoms with E-state index in [0.29, 0.717) is 22.0 Å². The van der Waals surface area contributed by atoms with Crippen LogP contribution < -0.4 is 5.73 Å². The van der Waals surface area contributed by atoms with E-state index in [1.54, 1.807) is 47.2 Å². The molecule has 3 aromatic rings. The van der Waals surface area contributed by atoms with E-state index >= 15 is 0 Å². The third-order valence-corrected chi connectivity index (χ3v) is 3.82. The van der Waals surface area contributed by atoms with Gasteiger partial charge in [0.1, 0.15) is 6.04 Å². The molecule has 0 saturated heterocycles. The molecule has 1 unspecified atom stereocenters. The molecule has 1 amide bonds. The van der Waals surface area contributed by atoms with Gasteiger partial charge in [0.2, 0.25) is 5.91 Å². The van der Waals surface area contributed by atoms with Gasteiger partial charge in [0.25, 0.3) is 5.69 Å². The zero-order valence-electron chi connectivity index (χ0n) is 12.4. The van der Waals surface area contributed by atoms with E-state index in [2.05, 4.69) is 0 Å². The molecule has 0 saturated carbocycles. The van der Waals surface area contributed by atoms with Crippen LogP contribution in [0.15, 0.2) is 54.7 Å². The van der Waals surface area contributed by atoms with Crippen LogP contribution in [0.25, 0.3) is 10.9 Å². The first-order valence-electron chi connectivity index (χ1n) is 7.05. The number of hydrogen-bond donors (Lipinski definition) is 1. The Morgan fingerprint density at radius 3 is 2.50 bits per heavy atom. The maximum atomic E-state index is 12.0. The molecule has 118 valence electrons. The Hall–Kier alpha value is -3.66. The first-order chi connectivity index (χ1) is 11.5. The Morgan fingerprint density at radius 1 is 1.21 bits per heavy atom. The fourth-order valence-electron chi connectivity index (χ4n) is 2.69. The number of nitro benzene ring substituents is 1. The number of nitriles is 1. The van der Waals surface area contributed by atoms with E-state index in [1.165, 1.54) is 12.1 Å². The van der Waals surface area contributed by atoms with Gasteiger partial charge in [0, 0.05) is 29.2 Å². The number of nitrogens with two attached hydrogens (primary N) is 1. The van der Waals surface area contributed by atoms with E-state index in [1.807, 2.05) is 6.07 Å². The Labute approximate surface area is 136 Å². The van der Waals surface area contributed by atoms with Gasteiger partial charge in [-0.2, -0.15) is 5.26 Å². The van der Waals surface area contributed by atoms with Crippen molar-refractivity contribution < 1.29 is 9.72 Å². The van der Waals surface area contributed by atoms with Crippen LogP contribution in [0.2, 0.25) is 0 Å². The van der Waals surface area contributed by atoms with Crippen molar-refractivity contribution in [2.24, 2.45) is 5.73 Å². The van der Waals surface area contributed by atoms with Gasteiger partial charge < -0.3 is 10.3 Å². The molecular formula is C17H12N4O3. The van der Waals surface area contributed by atoms with Crippen LogP contribution in [-0.4, -0.2) is 15.4 Å². The highest BCUT2D eigenvalue weighted by Gasteiger charge is 2.22. The number of carbonyl (C=O) groups is 1. The summed E-state index contributed by atoms with van der Waals surface area (Å²) in [5, 5.41) is 20.4. The Morgan fingerprint density at radius 2 is 1.92 bits per heavy atom. The minimum absolute atomic E-state index is 0.0192. The van der Waals surface area contributed by atoms with E-state index in [4.69, 9.17) is 11.0 Å². The van der Waals surface area contributed by atoms with Crippen molar-refractivity contribution in [3.63, 3.8) is 0 Å². The van der Waals surface area contributed by atoms with Crippen LogP contribution >= 0.6 is 0 Å². The molecule has 7 heteroatoms. The molecule has 0 aliphatic rings. The second-order valence-electron chi connectivity index (χ2n) is 5.26. The average Bonchev–Trinajstić information content (AvgIpc) is 2.98. The number of carbonyl (C=O) groups excluding carboxylic acids is 1. The highest BCUT2D eigenvalue weighted by Crippen LogP contribution is 2.28. The molecule has 0 fully saturated rings. The summed E-state index contributed by atoms with van der Waals surface area (Å²) in [7, 11) is 0. The maximum Gasteiger partial charge on any atom is 0.270 e. The lowest BCUT2D eigenvalue weighted by atomic mass is 10.0. The van der Waals surface area contributed by atoms with Crippen molar-refractivity contribution in [3.8, 4) is 6.07 Å². The molecule has 0 spiro atoms. The Bertz CT molecular complexity index is 983. The number of primary amides is 1. The van der Waals surface area contributed by atoms with Gasteiger partial charge in [-0.05, 0) is 29.8 Å². The summed E-state index contributed by atoms with van der Waals surface area (Å²) in [5.41, 5.74) is 7.33. The molecule has 3 rings (SSSR count). The van der Waals surface area contributed by atoms with Crippen molar-refractivity contribution in [1.29, 1.82) is 5.26 Å². The molecular weight excluding hydrogens is 308 g/mol. The summed E-state index contributed by atoms with van der Waals surface area (Å²) in [6.45, 7) is 0. The smallest absolute Gasteiger partial charge is 0.270 e. The lowest BCUT2D eigenvalue weighted by Gasteiger charge is -2.17. The van der Waals surface area contributed by atoms with Crippen molar-refractivity contribution in [1.82, 2.24) is 4.57 Å². The van der Waals surface area contributed by atoms with Crippen LogP contribution in [0.1, 0.15) is 17.2 Å². The minimum atomic E-state index is -0.767. The second-order valence-corrected chi connectivity index (χ2v) is 5.26. The Kier molecular flexibility index (Phi) is 3.72. The summed E-state index contributed by atoms with van der Waals surface area (Å²) in [6.07, 6.45) is 1.67. The van der Waals surface area contributed by atoms with Crippen molar-refractivity contribution in [2.75, 3.05) is 0 Å². The lowest BCUT2D eigenvalue weighted by Crippen LogP contribution is -2.27. The highest BCUT2D eigenvalue weighted by atomic mass is 16.6. The molecule has 0 aliphatic carbocycles. The molecule has 1 atom stereocenters. The monoisotopic (exact) mass is 320 g/mol. The number of nitrogens with zero attached hydrogens (tertiary/aromatic N) is 3. The number of rotatable bonds is 4. The van der Waals surface area contributed by atoms with Gasteiger partial charge in [0.15, 0.2) is 0 Å². The number of benzene rings is 2. The fraction of sp³-hybridized carbons (Fsp3) is 0.0588. The highest BCUT2D eigenvalue weighted by molar-refractivity contribution is 5.88. The Balaban J connectivity index is 2.12. The predicted molar refractivity (Wildman–Crippen MR) is 87.1 cm³/mol. The molecule has 2 N–H and O–H groups in total. The third-order valence-electron chi connectivity index (χ3n) is 3.82. The van der Waals surface area contributed by atoms with Crippen molar-refractivity contribution in [3.05, 3.63) is 76.0 Å². The van der Waals surface area contributed by atoms with Gasteiger partial charge >= 0.3 is 0 Å². The largest absolute Gasteiger partial charge is 0.368 e. The summed E-state index contributed by atoms with van der Waals surface area (Å²) >= 11 is 0. The molecule has 0 radical (unpaired) electrons. The zero-order chi connectivity index (χ0) is 17.3. The van der Waals surface area contributed by atoms with Gasteiger partial charge in [0.05, 0.1) is 16.6 Å². The first kappa shape index (κ1) is 15.2. The zero-order valence-corrected chi connectivity index (χ0v) is 12.4. The molecule has 24 heavy (non-hydrogen) atoms. The topological polar surface area (TPSA) is 115 Å². The number of nitro groups is 1.